The fourth-order valence-electron chi connectivity index (χ4n) is 5.02. The lowest BCUT2D eigenvalue weighted by Crippen LogP contribution is -2.31. The summed E-state index contributed by atoms with van der Waals surface area (Å²) >= 11 is 3.37. The summed E-state index contributed by atoms with van der Waals surface area (Å²) in [6.07, 6.45) is 4.55. The normalized spacial score (nSPS) is 26.2. The fraction of sp³-hybridized carbons (Fsp3) is 0.308. The van der Waals surface area contributed by atoms with E-state index in [0.717, 1.165) is 10.2 Å². The molecular formula is C26H23BrN2O5. The molecule has 2 aliphatic heterocycles. The van der Waals surface area contributed by atoms with Crippen LogP contribution in [0, 0.1) is 23.7 Å². The molecule has 0 N–H and O–H groups in total. The molecule has 2 aromatic rings. The van der Waals surface area contributed by atoms with E-state index >= 15 is 0 Å². The Hall–Kier alpha value is -3.26. The first-order chi connectivity index (χ1) is 16.3. The van der Waals surface area contributed by atoms with Crippen LogP contribution >= 0.6 is 15.9 Å². The summed E-state index contributed by atoms with van der Waals surface area (Å²) in [5.41, 5.74) is 1.11. The van der Waals surface area contributed by atoms with Crippen molar-refractivity contribution in [1.82, 2.24) is 0 Å². The predicted octanol–water partition coefficient (Wildman–Crippen LogP) is 4.11. The summed E-state index contributed by atoms with van der Waals surface area (Å²) in [4.78, 5) is 54.2. The molecule has 2 heterocycles. The first-order valence-corrected chi connectivity index (χ1v) is 12.0. The SMILES string of the molecule is C[C@@H]1C=CC[C@@H]2C(=O)N(c3cccc(OC(=O)[C@H]4CC(=O)N(c5ccc(Br)cc5)C4)c3)C(=O)[C@@H]12. The molecule has 4 atom stereocenters. The minimum absolute atomic E-state index is 0.00483. The molecule has 2 fully saturated rings. The number of amides is 3. The molecule has 2 saturated heterocycles. The number of carbonyl (C=O) groups excluding carboxylic acids is 4. The Balaban J connectivity index is 1.30. The minimum Gasteiger partial charge on any atom is -0.426 e. The number of nitrogens with zero attached hydrogens (tertiary/aromatic N) is 2. The first kappa shape index (κ1) is 22.5. The van der Waals surface area contributed by atoms with Gasteiger partial charge >= 0.3 is 5.97 Å². The number of hydrogen-bond donors (Lipinski definition) is 0. The van der Waals surface area contributed by atoms with E-state index in [4.69, 9.17) is 4.74 Å². The van der Waals surface area contributed by atoms with Crippen LogP contribution in [-0.2, 0) is 19.2 Å². The van der Waals surface area contributed by atoms with E-state index in [9.17, 15) is 19.2 Å². The molecular weight excluding hydrogens is 500 g/mol. The molecule has 5 rings (SSSR count). The van der Waals surface area contributed by atoms with Crippen molar-refractivity contribution in [1.29, 1.82) is 0 Å². The third-order valence-electron chi connectivity index (χ3n) is 6.76. The van der Waals surface area contributed by atoms with Crippen LogP contribution in [0.15, 0.2) is 65.2 Å². The number of fused-ring (bicyclic) bond motifs is 1. The highest BCUT2D eigenvalue weighted by Gasteiger charge is 2.50. The monoisotopic (exact) mass is 522 g/mol. The van der Waals surface area contributed by atoms with Gasteiger partial charge in [0.25, 0.3) is 0 Å². The lowest BCUT2D eigenvalue weighted by molar-refractivity contribution is -0.139. The average Bonchev–Trinajstić information content (AvgIpc) is 3.33. The number of rotatable bonds is 4. The Kier molecular flexibility index (Phi) is 5.85. The molecule has 1 aliphatic carbocycles. The molecule has 3 amide bonds. The van der Waals surface area contributed by atoms with Crippen LogP contribution < -0.4 is 14.5 Å². The van der Waals surface area contributed by atoms with E-state index in [2.05, 4.69) is 15.9 Å². The van der Waals surface area contributed by atoms with Crippen molar-refractivity contribution in [2.24, 2.45) is 23.7 Å². The zero-order valence-corrected chi connectivity index (χ0v) is 20.1. The average molecular weight is 523 g/mol. The highest BCUT2D eigenvalue weighted by Crippen LogP contribution is 2.41. The number of benzene rings is 2. The lowest BCUT2D eigenvalue weighted by atomic mass is 9.78. The standard InChI is InChI=1S/C26H23BrN2O5/c1-15-4-2-7-21-23(15)25(32)29(24(21)31)19-5-3-6-20(13-19)34-26(33)16-12-22(30)28(14-16)18-10-8-17(27)9-11-18/h2-6,8-11,13,15-16,21,23H,7,12,14H2,1H3/t15-,16+,21+,23+/m1/s1. The van der Waals surface area contributed by atoms with Crippen LogP contribution in [0.5, 0.6) is 5.75 Å². The van der Waals surface area contributed by atoms with Crippen LogP contribution in [0.3, 0.4) is 0 Å². The number of hydrogen-bond acceptors (Lipinski definition) is 5. The van der Waals surface area contributed by atoms with Gasteiger partial charge in [0.2, 0.25) is 17.7 Å². The van der Waals surface area contributed by atoms with E-state index in [1.165, 1.54) is 11.0 Å². The Bertz CT molecular complexity index is 1210. The first-order valence-electron chi connectivity index (χ1n) is 11.3. The molecule has 8 heteroatoms. The summed E-state index contributed by atoms with van der Waals surface area (Å²) in [5.74, 6) is -2.20. The molecule has 7 nitrogen and oxygen atoms in total. The Labute approximate surface area is 205 Å². The van der Waals surface area contributed by atoms with Crippen LogP contribution in [0.1, 0.15) is 19.8 Å². The fourth-order valence-corrected chi connectivity index (χ4v) is 5.29. The van der Waals surface area contributed by atoms with Gasteiger partial charge in [0.15, 0.2) is 0 Å². The van der Waals surface area contributed by atoms with Gasteiger partial charge in [0.1, 0.15) is 5.75 Å². The molecule has 0 radical (unpaired) electrons. The van der Waals surface area contributed by atoms with Crippen molar-refractivity contribution < 1.29 is 23.9 Å². The minimum atomic E-state index is -0.607. The maximum Gasteiger partial charge on any atom is 0.316 e. The molecule has 0 aromatic heterocycles. The van der Waals surface area contributed by atoms with Gasteiger partial charge < -0.3 is 9.64 Å². The zero-order valence-electron chi connectivity index (χ0n) is 18.5. The number of esters is 1. The highest BCUT2D eigenvalue weighted by molar-refractivity contribution is 9.10. The molecule has 3 aliphatic rings. The van der Waals surface area contributed by atoms with Crippen molar-refractivity contribution in [2.75, 3.05) is 16.3 Å². The number of imide groups is 1. The third kappa shape index (κ3) is 3.96. The van der Waals surface area contributed by atoms with Crippen molar-refractivity contribution >= 4 is 51.0 Å². The number of allylic oxidation sites excluding steroid dienone is 2. The number of carbonyl (C=O) groups is 4. The second-order valence-electron chi connectivity index (χ2n) is 8.97. The van der Waals surface area contributed by atoms with E-state index < -0.39 is 11.9 Å². The van der Waals surface area contributed by atoms with Crippen LogP contribution in [-0.4, -0.2) is 30.2 Å². The van der Waals surface area contributed by atoms with Crippen molar-refractivity contribution in [3.63, 3.8) is 0 Å². The van der Waals surface area contributed by atoms with Gasteiger partial charge in [0.05, 0.1) is 23.4 Å². The van der Waals surface area contributed by atoms with Crippen molar-refractivity contribution in [3.05, 3.63) is 65.2 Å². The largest absolute Gasteiger partial charge is 0.426 e. The molecule has 0 unspecified atom stereocenters. The van der Waals surface area contributed by atoms with E-state index in [1.54, 1.807) is 23.1 Å². The van der Waals surface area contributed by atoms with Crippen LogP contribution in [0.25, 0.3) is 0 Å². The topological polar surface area (TPSA) is 84.0 Å². The molecule has 2 aromatic carbocycles. The predicted molar refractivity (Wildman–Crippen MR) is 129 cm³/mol. The lowest BCUT2D eigenvalue weighted by Gasteiger charge is -2.22. The molecule has 34 heavy (non-hydrogen) atoms. The van der Waals surface area contributed by atoms with Gasteiger partial charge in [-0.1, -0.05) is 41.1 Å². The van der Waals surface area contributed by atoms with E-state index in [1.807, 2.05) is 43.3 Å². The summed E-state index contributed by atoms with van der Waals surface area (Å²) in [6.45, 7) is 2.18. The third-order valence-corrected chi connectivity index (χ3v) is 7.29. The van der Waals surface area contributed by atoms with Gasteiger partial charge in [-0.3, -0.25) is 19.2 Å². The quantitative estimate of drug-likeness (QED) is 0.261. The van der Waals surface area contributed by atoms with Crippen molar-refractivity contribution in [3.8, 4) is 5.75 Å². The Morgan fingerprint density at radius 2 is 1.79 bits per heavy atom. The van der Waals surface area contributed by atoms with Gasteiger partial charge in [-0.05, 0) is 48.7 Å². The molecule has 0 saturated carbocycles. The maximum atomic E-state index is 13.0. The highest BCUT2D eigenvalue weighted by atomic mass is 79.9. The maximum absolute atomic E-state index is 13.0. The molecule has 0 bridgehead atoms. The molecule has 174 valence electrons. The second-order valence-corrected chi connectivity index (χ2v) is 9.88. The van der Waals surface area contributed by atoms with Crippen molar-refractivity contribution in [2.45, 2.75) is 19.8 Å². The van der Waals surface area contributed by atoms with Gasteiger partial charge in [0, 0.05) is 29.2 Å². The number of halogens is 1. The summed E-state index contributed by atoms with van der Waals surface area (Å²) in [7, 11) is 0. The second kappa shape index (κ2) is 8.83. The number of anilines is 2. The van der Waals surface area contributed by atoms with Gasteiger partial charge in [-0.15, -0.1) is 0 Å². The van der Waals surface area contributed by atoms with Crippen LogP contribution in [0.4, 0.5) is 11.4 Å². The Morgan fingerprint density at radius 3 is 2.53 bits per heavy atom. The molecule has 0 spiro atoms. The van der Waals surface area contributed by atoms with Gasteiger partial charge in [-0.2, -0.15) is 0 Å². The van der Waals surface area contributed by atoms with E-state index in [0.29, 0.717) is 12.1 Å². The zero-order chi connectivity index (χ0) is 24.0. The van der Waals surface area contributed by atoms with Gasteiger partial charge in [-0.25, -0.2) is 4.90 Å². The van der Waals surface area contributed by atoms with Crippen LogP contribution in [0.2, 0.25) is 0 Å². The Morgan fingerprint density at radius 1 is 1.03 bits per heavy atom. The smallest absolute Gasteiger partial charge is 0.316 e. The van der Waals surface area contributed by atoms with E-state index in [-0.39, 0.29) is 54.2 Å². The summed E-state index contributed by atoms with van der Waals surface area (Å²) in [5, 5.41) is 0. The summed E-state index contributed by atoms with van der Waals surface area (Å²) in [6, 6.07) is 13.8. The number of ether oxygens (including phenoxy) is 1. The summed E-state index contributed by atoms with van der Waals surface area (Å²) < 4.78 is 6.48.